The zero-order chi connectivity index (χ0) is 28.8. The SMILES string of the molecule is C=CSC(=C)CC(=O)Nc1cc(C(=N)/C=C/c2cccc(NC(=O)NC3CCCCC3)c2)c(N)cc1C.CC. The second kappa shape index (κ2) is 16.2. The van der Waals surface area contributed by atoms with E-state index in [1.807, 2.05) is 45.0 Å². The van der Waals surface area contributed by atoms with Crippen LogP contribution in [0.3, 0.4) is 0 Å². The maximum Gasteiger partial charge on any atom is 0.319 e. The van der Waals surface area contributed by atoms with Crippen molar-refractivity contribution in [3.05, 3.63) is 82.6 Å². The largest absolute Gasteiger partial charge is 0.398 e. The van der Waals surface area contributed by atoms with Gasteiger partial charge in [0.1, 0.15) is 0 Å². The van der Waals surface area contributed by atoms with E-state index in [1.54, 1.807) is 29.7 Å². The molecule has 0 aliphatic heterocycles. The summed E-state index contributed by atoms with van der Waals surface area (Å²) in [5.41, 5.74) is 10.3. The summed E-state index contributed by atoms with van der Waals surface area (Å²) in [4.78, 5) is 25.5. The van der Waals surface area contributed by atoms with Crippen molar-refractivity contribution in [1.82, 2.24) is 5.32 Å². The molecule has 0 unspecified atom stereocenters. The number of nitrogens with two attached hydrogens (primary N) is 1. The molecule has 2 aromatic rings. The van der Waals surface area contributed by atoms with Gasteiger partial charge in [0, 0.05) is 28.7 Å². The van der Waals surface area contributed by atoms with Crippen molar-refractivity contribution >= 4 is 52.6 Å². The molecule has 1 fully saturated rings. The highest BCUT2D eigenvalue weighted by Crippen LogP contribution is 2.25. The van der Waals surface area contributed by atoms with Gasteiger partial charge in [-0.1, -0.05) is 64.5 Å². The van der Waals surface area contributed by atoms with Crippen LogP contribution in [-0.4, -0.2) is 23.7 Å². The molecule has 0 bridgehead atoms. The zero-order valence-corrected chi connectivity index (χ0v) is 24.0. The van der Waals surface area contributed by atoms with E-state index in [1.165, 1.54) is 18.2 Å². The number of nitrogen functional groups attached to an aromatic ring is 1. The lowest BCUT2D eigenvalue weighted by molar-refractivity contribution is -0.115. The smallest absolute Gasteiger partial charge is 0.319 e. The van der Waals surface area contributed by atoms with E-state index in [0.717, 1.165) is 36.8 Å². The Labute approximate surface area is 236 Å². The van der Waals surface area contributed by atoms with Gasteiger partial charge >= 0.3 is 6.03 Å². The molecule has 1 saturated carbocycles. The Kier molecular flexibility index (Phi) is 13.1. The third-order valence-electron chi connectivity index (χ3n) is 6.10. The normalized spacial score (nSPS) is 13.1. The second-order valence-electron chi connectivity index (χ2n) is 9.11. The van der Waals surface area contributed by atoms with Gasteiger partial charge in [0.2, 0.25) is 5.91 Å². The third kappa shape index (κ3) is 10.5. The van der Waals surface area contributed by atoms with E-state index in [-0.39, 0.29) is 30.1 Å². The number of nitrogens with one attached hydrogen (secondary N) is 4. The van der Waals surface area contributed by atoms with Gasteiger partial charge in [-0.25, -0.2) is 4.79 Å². The number of carbonyl (C=O) groups is 2. The van der Waals surface area contributed by atoms with Crippen molar-refractivity contribution in [2.75, 3.05) is 16.4 Å². The number of rotatable bonds is 10. The minimum absolute atomic E-state index is 0.163. The number of allylic oxidation sites excluding steroid dienone is 1. The summed E-state index contributed by atoms with van der Waals surface area (Å²) in [5.74, 6) is -0.197. The first kappa shape index (κ1) is 31.4. The minimum atomic E-state index is -0.200. The zero-order valence-electron chi connectivity index (χ0n) is 23.2. The molecule has 2 aromatic carbocycles. The summed E-state index contributed by atoms with van der Waals surface area (Å²) in [6.45, 7) is 13.3. The first-order valence-corrected chi connectivity index (χ1v) is 14.2. The number of amides is 3. The minimum Gasteiger partial charge on any atom is -0.398 e. The predicted molar refractivity (Wildman–Crippen MR) is 168 cm³/mol. The number of anilines is 3. The molecule has 208 valence electrons. The molecule has 0 heterocycles. The summed E-state index contributed by atoms with van der Waals surface area (Å²) in [7, 11) is 0. The molecule has 7 nitrogen and oxygen atoms in total. The van der Waals surface area contributed by atoms with Crippen molar-refractivity contribution in [1.29, 1.82) is 5.41 Å². The fourth-order valence-corrected chi connectivity index (χ4v) is 4.67. The number of benzene rings is 2. The number of thioether (sulfide) groups is 1. The van der Waals surface area contributed by atoms with Crippen molar-refractivity contribution in [3.8, 4) is 0 Å². The average Bonchev–Trinajstić information content (AvgIpc) is 2.91. The van der Waals surface area contributed by atoms with Gasteiger partial charge in [0.05, 0.1) is 12.1 Å². The number of aryl methyl sites for hydroxylation is 1. The Morgan fingerprint density at radius 1 is 1.13 bits per heavy atom. The number of hydrogen-bond acceptors (Lipinski definition) is 5. The van der Waals surface area contributed by atoms with Crippen molar-refractivity contribution < 1.29 is 9.59 Å². The van der Waals surface area contributed by atoms with Gasteiger partial charge in [-0.3, -0.25) is 4.79 Å². The molecule has 0 spiro atoms. The van der Waals surface area contributed by atoms with Crippen LogP contribution in [0.4, 0.5) is 21.9 Å². The molecule has 0 saturated heterocycles. The van der Waals surface area contributed by atoms with Crippen LogP contribution in [0.15, 0.2) is 65.9 Å². The van der Waals surface area contributed by atoms with E-state index >= 15 is 0 Å². The molecular formula is C31H41N5O2S. The standard InChI is InChI=1S/C29H35N5O2S.C2H6/c1-4-37-20(3)16-28(35)34-27-18-24(26(31)15-19(27)2)25(30)14-13-21-9-8-12-23(17-21)33-29(36)32-22-10-6-5-7-11-22;1-2/h4,8-9,12-15,17-18,22,30H,1,3,5-7,10-11,16,31H2,2H3,(H,34,35)(H2,32,33,36);1-2H3/b14-13+,30-25?;. The number of carbonyl (C=O) groups excluding carboxylic acids is 2. The van der Waals surface area contributed by atoms with Gasteiger partial charge < -0.3 is 27.1 Å². The lowest BCUT2D eigenvalue weighted by Crippen LogP contribution is -2.39. The fraction of sp³-hybridized carbons (Fsp3) is 0.323. The summed E-state index contributed by atoms with van der Waals surface area (Å²) in [5, 5.41) is 19.0. The Hall–Kier alpha value is -3.78. The molecule has 1 aliphatic rings. The van der Waals surface area contributed by atoms with E-state index in [0.29, 0.717) is 27.5 Å². The topological polar surface area (TPSA) is 120 Å². The monoisotopic (exact) mass is 547 g/mol. The number of urea groups is 1. The van der Waals surface area contributed by atoms with E-state index in [4.69, 9.17) is 11.1 Å². The first-order valence-electron chi connectivity index (χ1n) is 13.3. The van der Waals surface area contributed by atoms with Crippen molar-refractivity contribution in [2.24, 2.45) is 0 Å². The van der Waals surface area contributed by atoms with Crippen LogP contribution >= 0.6 is 11.8 Å². The summed E-state index contributed by atoms with van der Waals surface area (Å²) in [6, 6.07) is 10.9. The van der Waals surface area contributed by atoms with E-state index in [9.17, 15) is 9.59 Å². The lowest BCUT2D eigenvalue weighted by atomic mass is 9.96. The van der Waals surface area contributed by atoms with Gasteiger partial charge in [0.25, 0.3) is 0 Å². The summed E-state index contributed by atoms with van der Waals surface area (Å²) in [6.07, 6.45) is 9.19. The number of hydrogen-bond donors (Lipinski definition) is 5. The van der Waals surface area contributed by atoms with Crippen molar-refractivity contribution in [2.45, 2.75) is 65.3 Å². The molecule has 39 heavy (non-hydrogen) atoms. The lowest BCUT2D eigenvalue weighted by Gasteiger charge is -2.22. The van der Waals surface area contributed by atoms with Gasteiger partial charge in [0.15, 0.2) is 0 Å². The highest BCUT2D eigenvalue weighted by molar-refractivity contribution is 8.05. The summed E-state index contributed by atoms with van der Waals surface area (Å²) >= 11 is 1.32. The maximum atomic E-state index is 12.4. The van der Waals surface area contributed by atoms with Crippen LogP contribution in [0.5, 0.6) is 0 Å². The Bertz CT molecular complexity index is 1220. The quantitative estimate of drug-likeness (QED) is 0.154. The van der Waals surface area contributed by atoms with E-state index in [2.05, 4.69) is 29.1 Å². The Balaban J connectivity index is 0.00000260. The van der Waals surface area contributed by atoms with Gasteiger partial charge in [-0.2, -0.15) is 0 Å². The highest BCUT2D eigenvalue weighted by atomic mass is 32.2. The van der Waals surface area contributed by atoms with Crippen molar-refractivity contribution in [3.63, 3.8) is 0 Å². The molecule has 0 aromatic heterocycles. The van der Waals surface area contributed by atoms with E-state index < -0.39 is 0 Å². The van der Waals surface area contributed by atoms with Crippen LogP contribution in [-0.2, 0) is 4.79 Å². The molecule has 0 atom stereocenters. The van der Waals surface area contributed by atoms with Crippen LogP contribution in [0.2, 0.25) is 0 Å². The molecule has 1 aliphatic carbocycles. The highest BCUT2D eigenvalue weighted by Gasteiger charge is 2.16. The molecule has 3 rings (SSSR count). The van der Waals surface area contributed by atoms with Gasteiger partial charge in [-0.05, 0) is 71.5 Å². The fourth-order valence-electron chi connectivity index (χ4n) is 4.22. The molecule has 8 heteroatoms. The van der Waals surface area contributed by atoms with Crippen LogP contribution in [0.25, 0.3) is 6.08 Å². The van der Waals surface area contributed by atoms with Crippen LogP contribution in [0, 0.1) is 12.3 Å². The average molecular weight is 548 g/mol. The maximum absolute atomic E-state index is 12.4. The summed E-state index contributed by atoms with van der Waals surface area (Å²) < 4.78 is 0. The Morgan fingerprint density at radius 3 is 2.54 bits per heavy atom. The third-order valence-corrected chi connectivity index (χ3v) is 6.74. The molecule has 3 amide bonds. The molecular weight excluding hydrogens is 506 g/mol. The second-order valence-corrected chi connectivity index (χ2v) is 10.3. The molecule has 0 radical (unpaired) electrons. The molecule has 6 N–H and O–H groups in total. The van der Waals surface area contributed by atoms with Crippen LogP contribution < -0.4 is 21.7 Å². The predicted octanol–water partition coefficient (Wildman–Crippen LogP) is 7.86. The Morgan fingerprint density at radius 2 is 1.85 bits per heavy atom. The van der Waals surface area contributed by atoms with Gasteiger partial charge in [-0.15, -0.1) is 11.8 Å². The first-order chi connectivity index (χ1) is 18.7. The van der Waals surface area contributed by atoms with Crippen LogP contribution in [0.1, 0.15) is 69.1 Å².